The Bertz CT molecular complexity index is 811. The van der Waals surface area contributed by atoms with Crippen LogP contribution in [0.4, 0.5) is 0 Å². The van der Waals surface area contributed by atoms with Crippen molar-refractivity contribution in [3.05, 3.63) is 47.8 Å². The highest BCUT2D eigenvalue weighted by Crippen LogP contribution is 2.44. The summed E-state index contributed by atoms with van der Waals surface area (Å²) in [6.45, 7) is 2.82. The van der Waals surface area contributed by atoms with Crippen LogP contribution in [0.1, 0.15) is 28.8 Å². The van der Waals surface area contributed by atoms with Crippen molar-refractivity contribution in [3.63, 3.8) is 0 Å². The van der Waals surface area contributed by atoms with Crippen LogP contribution in [0.15, 0.2) is 36.7 Å². The summed E-state index contributed by atoms with van der Waals surface area (Å²) < 4.78 is 1.77. The lowest BCUT2D eigenvalue weighted by Crippen LogP contribution is -2.30. The quantitative estimate of drug-likeness (QED) is 0.928. The molecule has 0 bridgehead atoms. The predicted octanol–water partition coefficient (Wildman–Crippen LogP) is 2.36. The van der Waals surface area contributed by atoms with Gasteiger partial charge in [-0.05, 0) is 61.4 Å². The number of likely N-dealkylation sites (tertiary alicyclic amines) is 1. The maximum atomic E-state index is 12.9. The number of nitrogens with zero attached hydrogens (tertiary/aromatic N) is 3. The molecular weight excluding hydrogens is 318 g/mol. The van der Waals surface area contributed by atoms with Gasteiger partial charge in [-0.1, -0.05) is 0 Å². The maximum absolute atomic E-state index is 12.9. The van der Waals surface area contributed by atoms with Crippen molar-refractivity contribution in [3.8, 4) is 5.69 Å². The molecule has 0 radical (unpaired) electrons. The van der Waals surface area contributed by atoms with Gasteiger partial charge in [0.2, 0.25) is 0 Å². The van der Waals surface area contributed by atoms with Crippen LogP contribution < -0.4 is 0 Å². The Hall–Kier alpha value is -2.63. The number of benzene rings is 1. The number of rotatable bonds is 4. The molecule has 0 spiro atoms. The van der Waals surface area contributed by atoms with E-state index in [1.807, 2.05) is 31.3 Å². The topological polar surface area (TPSA) is 75.4 Å². The minimum absolute atomic E-state index is 0.0792. The van der Waals surface area contributed by atoms with Crippen molar-refractivity contribution in [2.24, 2.45) is 17.8 Å². The monoisotopic (exact) mass is 339 g/mol. The zero-order chi connectivity index (χ0) is 17.6. The van der Waals surface area contributed by atoms with Crippen LogP contribution in [0.3, 0.4) is 0 Å². The number of hydrogen-bond donors (Lipinski definition) is 1. The summed E-state index contributed by atoms with van der Waals surface area (Å²) in [5.74, 6) is -0.712. The molecule has 0 unspecified atom stereocenters. The fourth-order valence-electron chi connectivity index (χ4n) is 3.90. The Labute approximate surface area is 146 Å². The zero-order valence-corrected chi connectivity index (χ0v) is 14.1. The highest BCUT2D eigenvalue weighted by molar-refractivity contribution is 5.95. The van der Waals surface area contributed by atoms with Crippen LogP contribution in [-0.4, -0.2) is 44.8 Å². The first-order valence-electron chi connectivity index (χ1n) is 8.67. The van der Waals surface area contributed by atoms with Crippen LogP contribution in [0.25, 0.3) is 5.69 Å². The number of carbonyl (C=O) groups excluding carboxylic acids is 1. The van der Waals surface area contributed by atoms with Gasteiger partial charge in [-0.3, -0.25) is 9.59 Å². The number of carboxylic acids is 1. The van der Waals surface area contributed by atoms with Crippen molar-refractivity contribution in [1.29, 1.82) is 0 Å². The normalized spacial score (nSPS) is 23.0. The predicted molar refractivity (Wildman–Crippen MR) is 91.5 cm³/mol. The molecule has 1 saturated heterocycles. The van der Waals surface area contributed by atoms with E-state index in [-0.39, 0.29) is 11.8 Å². The molecule has 1 aliphatic heterocycles. The van der Waals surface area contributed by atoms with E-state index in [9.17, 15) is 14.7 Å². The van der Waals surface area contributed by atoms with E-state index in [1.165, 1.54) is 0 Å². The smallest absolute Gasteiger partial charge is 0.308 e. The average Bonchev–Trinajstić information content (AvgIpc) is 3.12. The van der Waals surface area contributed by atoms with Crippen molar-refractivity contribution < 1.29 is 14.7 Å². The van der Waals surface area contributed by atoms with Gasteiger partial charge in [0.25, 0.3) is 5.91 Å². The summed E-state index contributed by atoms with van der Waals surface area (Å²) >= 11 is 0. The molecular formula is C19H21N3O3. The summed E-state index contributed by atoms with van der Waals surface area (Å²) in [6.07, 6.45) is 5.76. The minimum atomic E-state index is -0.780. The van der Waals surface area contributed by atoms with E-state index in [1.54, 1.807) is 21.8 Å². The summed E-state index contributed by atoms with van der Waals surface area (Å²) in [4.78, 5) is 26.1. The molecule has 2 aliphatic rings. The Balaban J connectivity index is 1.55. The molecule has 4 rings (SSSR count). The number of carboxylic acid groups (broad SMARTS) is 1. The van der Waals surface area contributed by atoms with Gasteiger partial charge in [-0.2, -0.15) is 5.10 Å². The molecule has 1 amide bonds. The first kappa shape index (κ1) is 15.9. The first-order valence-corrected chi connectivity index (χ1v) is 8.67. The highest BCUT2D eigenvalue weighted by atomic mass is 16.4. The van der Waals surface area contributed by atoms with Gasteiger partial charge in [0, 0.05) is 31.0 Å². The summed E-state index contributed by atoms with van der Waals surface area (Å²) in [5, 5.41) is 13.7. The van der Waals surface area contributed by atoms with E-state index in [2.05, 4.69) is 5.10 Å². The van der Waals surface area contributed by atoms with E-state index in [0.717, 1.165) is 24.1 Å². The van der Waals surface area contributed by atoms with Crippen molar-refractivity contribution in [2.75, 3.05) is 13.1 Å². The Morgan fingerprint density at radius 2 is 2.04 bits per heavy atom. The molecule has 1 aromatic heterocycles. The summed E-state index contributed by atoms with van der Waals surface area (Å²) in [5.41, 5.74) is 2.50. The van der Waals surface area contributed by atoms with Gasteiger partial charge in [0.05, 0.1) is 11.6 Å². The Kier molecular flexibility index (Phi) is 3.82. The molecule has 25 heavy (non-hydrogen) atoms. The standard InChI is InChI=1S/C19H21N3O3/c1-12-9-14(5-6-17(12)22-8-2-7-20-22)18(23)21-10-15(13-3-4-13)16(11-21)19(24)25/h2,5-9,13,15-16H,3-4,10-11H2,1H3,(H,24,25)/t15-,16+/m1/s1. The van der Waals surface area contributed by atoms with Gasteiger partial charge in [0.15, 0.2) is 0 Å². The van der Waals surface area contributed by atoms with Gasteiger partial charge < -0.3 is 10.0 Å². The molecule has 6 heteroatoms. The number of carbonyl (C=O) groups is 2. The first-order chi connectivity index (χ1) is 12.0. The second-order valence-corrected chi connectivity index (χ2v) is 7.11. The second-order valence-electron chi connectivity index (χ2n) is 7.11. The molecule has 1 aliphatic carbocycles. The molecule has 2 atom stereocenters. The van der Waals surface area contributed by atoms with E-state index >= 15 is 0 Å². The molecule has 2 fully saturated rings. The van der Waals surface area contributed by atoms with Crippen LogP contribution in [-0.2, 0) is 4.79 Å². The largest absolute Gasteiger partial charge is 0.481 e. The SMILES string of the molecule is Cc1cc(C(=O)N2C[C@H](C(=O)O)[C@@H](C3CC3)C2)ccc1-n1cccn1. The van der Waals surface area contributed by atoms with Crippen LogP contribution in [0, 0.1) is 24.7 Å². The maximum Gasteiger partial charge on any atom is 0.308 e. The number of aromatic nitrogens is 2. The molecule has 1 N–H and O–H groups in total. The minimum Gasteiger partial charge on any atom is -0.481 e. The van der Waals surface area contributed by atoms with E-state index in [4.69, 9.17) is 0 Å². The third-order valence-electron chi connectivity index (χ3n) is 5.39. The van der Waals surface area contributed by atoms with Crippen LogP contribution in [0.2, 0.25) is 0 Å². The lowest BCUT2D eigenvalue weighted by atomic mass is 9.92. The molecule has 1 saturated carbocycles. The fourth-order valence-corrected chi connectivity index (χ4v) is 3.90. The Morgan fingerprint density at radius 1 is 1.24 bits per heavy atom. The lowest BCUT2D eigenvalue weighted by Gasteiger charge is -2.17. The van der Waals surface area contributed by atoms with Crippen LogP contribution >= 0.6 is 0 Å². The highest BCUT2D eigenvalue weighted by Gasteiger charge is 2.46. The number of aryl methyl sites for hydroxylation is 1. The van der Waals surface area contributed by atoms with E-state index in [0.29, 0.717) is 24.6 Å². The lowest BCUT2D eigenvalue weighted by molar-refractivity contribution is -0.142. The molecule has 130 valence electrons. The fraction of sp³-hybridized carbons (Fsp3) is 0.421. The van der Waals surface area contributed by atoms with Gasteiger partial charge in [0.1, 0.15) is 0 Å². The second kappa shape index (κ2) is 6.02. The number of aliphatic carboxylic acids is 1. The molecule has 2 heterocycles. The summed E-state index contributed by atoms with van der Waals surface area (Å²) in [6, 6.07) is 7.40. The van der Waals surface area contributed by atoms with Gasteiger partial charge >= 0.3 is 5.97 Å². The van der Waals surface area contributed by atoms with E-state index < -0.39 is 11.9 Å². The molecule has 2 aromatic rings. The third-order valence-corrected chi connectivity index (χ3v) is 5.39. The molecule has 6 nitrogen and oxygen atoms in total. The van der Waals surface area contributed by atoms with Crippen molar-refractivity contribution in [1.82, 2.24) is 14.7 Å². The van der Waals surface area contributed by atoms with Gasteiger partial charge in [-0.25, -0.2) is 4.68 Å². The van der Waals surface area contributed by atoms with Crippen molar-refractivity contribution >= 4 is 11.9 Å². The number of hydrogen-bond acceptors (Lipinski definition) is 3. The van der Waals surface area contributed by atoms with Crippen molar-refractivity contribution in [2.45, 2.75) is 19.8 Å². The zero-order valence-electron chi connectivity index (χ0n) is 14.1. The number of amides is 1. The summed E-state index contributed by atoms with van der Waals surface area (Å²) in [7, 11) is 0. The third kappa shape index (κ3) is 2.92. The van der Waals surface area contributed by atoms with Crippen LogP contribution in [0.5, 0.6) is 0 Å². The average molecular weight is 339 g/mol. The molecule has 1 aromatic carbocycles. The van der Waals surface area contributed by atoms with Gasteiger partial charge in [-0.15, -0.1) is 0 Å². The Morgan fingerprint density at radius 3 is 2.64 bits per heavy atom.